The molecule has 84 valence electrons. The van der Waals surface area contributed by atoms with Crippen LogP contribution in [-0.4, -0.2) is 23.6 Å². The molecular formula is C8H9N5O2S. The monoisotopic (exact) mass is 239 g/mol. The molecule has 0 fully saturated rings. The average molecular weight is 239 g/mol. The minimum absolute atomic E-state index is 0.117. The first-order chi connectivity index (χ1) is 7.58. The Kier molecular flexibility index (Phi) is 2.49. The zero-order valence-electron chi connectivity index (χ0n) is 8.08. The van der Waals surface area contributed by atoms with Crippen LogP contribution in [0, 0.1) is 0 Å². The molecule has 0 aliphatic heterocycles. The van der Waals surface area contributed by atoms with E-state index in [1.807, 2.05) is 0 Å². The SMILES string of the molecule is Nc1n[nH]c(S(=O)(=O)Nc2ccccc2)n1. The number of para-hydroxylation sites is 1. The molecule has 8 heteroatoms. The van der Waals surface area contributed by atoms with Crippen LogP contribution in [0.1, 0.15) is 0 Å². The zero-order chi connectivity index (χ0) is 11.6. The van der Waals surface area contributed by atoms with Crippen LogP contribution in [0.5, 0.6) is 0 Å². The lowest BCUT2D eigenvalue weighted by Gasteiger charge is -2.03. The van der Waals surface area contributed by atoms with Gasteiger partial charge < -0.3 is 5.73 Å². The number of aromatic nitrogens is 3. The molecule has 1 aromatic carbocycles. The van der Waals surface area contributed by atoms with Crippen molar-refractivity contribution in [1.29, 1.82) is 0 Å². The van der Waals surface area contributed by atoms with Crippen molar-refractivity contribution in [3.8, 4) is 0 Å². The summed E-state index contributed by atoms with van der Waals surface area (Å²) < 4.78 is 25.8. The molecule has 0 aliphatic carbocycles. The molecular weight excluding hydrogens is 230 g/mol. The van der Waals surface area contributed by atoms with Crippen LogP contribution in [0.4, 0.5) is 11.6 Å². The fraction of sp³-hybridized carbons (Fsp3) is 0. The first-order valence-corrected chi connectivity index (χ1v) is 5.82. The molecule has 0 saturated carbocycles. The molecule has 0 amide bonds. The normalized spacial score (nSPS) is 11.2. The highest BCUT2D eigenvalue weighted by Crippen LogP contribution is 2.12. The highest BCUT2D eigenvalue weighted by molar-refractivity contribution is 7.92. The summed E-state index contributed by atoms with van der Waals surface area (Å²) in [6.07, 6.45) is 0. The van der Waals surface area contributed by atoms with Crippen molar-refractivity contribution in [1.82, 2.24) is 15.2 Å². The van der Waals surface area contributed by atoms with E-state index >= 15 is 0 Å². The zero-order valence-corrected chi connectivity index (χ0v) is 8.90. The maximum atomic E-state index is 11.7. The van der Waals surface area contributed by atoms with Crippen molar-refractivity contribution in [2.45, 2.75) is 5.16 Å². The molecule has 0 bridgehead atoms. The van der Waals surface area contributed by atoms with Gasteiger partial charge in [-0.05, 0) is 12.1 Å². The van der Waals surface area contributed by atoms with Gasteiger partial charge in [0.1, 0.15) is 0 Å². The predicted molar refractivity (Wildman–Crippen MR) is 58.0 cm³/mol. The van der Waals surface area contributed by atoms with Crippen molar-refractivity contribution >= 4 is 21.7 Å². The number of nitrogens with two attached hydrogens (primary N) is 1. The van der Waals surface area contributed by atoms with Crippen LogP contribution >= 0.6 is 0 Å². The number of benzene rings is 1. The van der Waals surface area contributed by atoms with Crippen LogP contribution in [-0.2, 0) is 10.0 Å². The Bertz CT molecular complexity index is 577. The Morgan fingerprint density at radius 2 is 1.94 bits per heavy atom. The van der Waals surface area contributed by atoms with Gasteiger partial charge in [-0.15, -0.1) is 5.10 Å². The Morgan fingerprint density at radius 1 is 1.25 bits per heavy atom. The second kappa shape index (κ2) is 3.81. The summed E-state index contributed by atoms with van der Waals surface area (Å²) in [5, 5.41) is 5.37. The number of hydrogen-bond acceptors (Lipinski definition) is 5. The van der Waals surface area contributed by atoms with E-state index in [1.165, 1.54) is 0 Å². The number of sulfonamides is 1. The fourth-order valence-electron chi connectivity index (χ4n) is 1.09. The summed E-state index contributed by atoms with van der Waals surface area (Å²) in [5.41, 5.74) is 5.67. The molecule has 0 atom stereocenters. The van der Waals surface area contributed by atoms with Gasteiger partial charge in [0.15, 0.2) is 0 Å². The van der Waals surface area contributed by atoms with E-state index in [9.17, 15) is 8.42 Å². The summed E-state index contributed by atoms with van der Waals surface area (Å²) in [4.78, 5) is 3.54. The largest absolute Gasteiger partial charge is 0.366 e. The Balaban J connectivity index is 2.28. The van der Waals surface area contributed by atoms with Gasteiger partial charge in [0.05, 0.1) is 0 Å². The summed E-state index contributed by atoms with van der Waals surface area (Å²) in [6, 6.07) is 8.46. The molecule has 4 N–H and O–H groups in total. The van der Waals surface area contributed by atoms with Crippen LogP contribution in [0.25, 0.3) is 0 Å². The van der Waals surface area contributed by atoms with Crippen LogP contribution < -0.4 is 10.5 Å². The van der Waals surface area contributed by atoms with Gasteiger partial charge in [-0.3, -0.25) is 4.72 Å². The van der Waals surface area contributed by atoms with Gasteiger partial charge in [0.2, 0.25) is 5.95 Å². The molecule has 0 unspecified atom stereocenters. The molecule has 7 nitrogen and oxygen atoms in total. The molecule has 0 radical (unpaired) electrons. The molecule has 2 aromatic rings. The van der Waals surface area contributed by atoms with Gasteiger partial charge in [-0.2, -0.15) is 13.4 Å². The highest BCUT2D eigenvalue weighted by atomic mass is 32.2. The highest BCUT2D eigenvalue weighted by Gasteiger charge is 2.18. The number of anilines is 2. The van der Waals surface area contributed by atoms with Crippen molar-refractivity contribution in [2.75, 3.05) is 10.5 Å². The maximum absolute atomic E-state index is 11.7. The van der Waals surface area contributed by atoms with Crippen LogP contribution in [0.3, 0.4) is 0 Å². The van der Waals surface area contributed by atoms with Crippen LogP contribution in [0.2, 0.25) is 0 Å². The molecule has 1 heterocycles. The quantitative estimate of drug-likeness (QED) is 0.707. The molecule has 16 heavy (non-hydrogen) atoms. The third kappa shape index (κ3) is 2.11. The second-order valence-corrected chi connectivity index (χ2v) is 4.57. The summed E-state index contributed by atoms with van der Waals surface area (Å²) in [6.45, 7) is 0. The van der Waals surface area contributed by atoms with E-state index in [-0.39, 0.29) is 11.1 Å². The lowest BCUT2D eigenvalue weighted by atomic mass is 10.3. The lowest BCUT2D eigenvalue weighted by molar-refractivity contribution is 0.593. The van der Waals surface area contributed by atoms with Gasteiger partial charge >= 0.3 is 0 Å². The Hall–Kier alpha value is -2.09. The van der Waals surface area contributed by atoms with Crippen molar-refractivity contribution < 1.29 is 8.42 Å². The van der Waals surface area contributed by atoms with E-state index < -0.39 is 10.0 Å². The first-order valence-electron chi connectivity index (χ1n) is 4.34. The average Bonchev–Trinajstić information content (AvgIpc) is 2.66. The lowest BCUT2D eigenvalue weighted by Crippen LogP contribution is -2.14. The third-order valence-electron chi connectivity index (χ3n) is 1.76. The number of nitrogens with one attached hydrogen (secondary N) is 2. The van der Waals surface area contributed by atoms with E-state index in [2.05, 4.69) is 19.9 Å². The van der Waals surface area contributed by atoms with Gasteiger partial charge in [0.25, 0.3) is 15.2 Å². The number of nitrogen functional groups attached to an aromatic ring is 1. The molecule has 0 spiro atoms. The van der Waals surface area contributed by atoms with Gasteiger partial charge in [-0.25, -0.2) is 5.10 Å². The van der Waals surface area contributed by atoms with Gasteiger partial charge in [-0.1, -0.05) is 18.2 Å². The topological polar surface area (TPSA) is 114 Å². The van der Waals surface area contributed by atoms with E-state index in [0.717, 1.165) is 0 Å². The minimum atomic E-state index is -3.75. The van der Waals surface area contributed by atoms with Crippen LogP contribution in [0.15, 0.2) is 35.5 Å². The molecule has 1 aromatic heterocycles. The predicted octanol–water partition coefficient (Wildman–Crippen LogP) is 0.188. The van der Waals surface area contributed by atoms with Crippen molar-refractivity contribution in [3.63, 3.8) is 0 Å². The van der Waals surface area contributed by atoms with E-state index in [4.69, 9.17) is 5.73 Å². The smallest absolute Gasteiger partial charge is 0.297 e. The third-order valence-corrected chi connectivity index (χ3v) is 2.96. The van der Waals surface area contributed by atoms with E-state index in [0.29, 0.717) is 5.69 Å². The Morgan fingerprint density at radius 3 is 2.50 bits per heavy atom. The number of H-pyrrole nitrogens is 1. The summed E-state index contributed by atoms with van der Waals surface area (Å²) >= 11 is 0. The number of nitrogens with zero attached hydrogens (tertiary/aromatic N) is 2. The molecule has 2 rings (SSSR count). The number of aromatic amines is 1. The minimum Gasteiger partial charge on any atom is -0.366 e. The van der Waals surface area contributed by atoms with Crippen molar-refractivity contribution in [2.24, 2.45) is 0 Å². The number of rotatable bonds is 3. The second-order valence-electron chi connectivity index (χ2n) is 2.97. The summed E-state index contributed by atoms with van der Waals surface area (Å²) in [7, 11) is -3.75. The maximum Gasteiger partial charge on any atom is 0.297 e. The standard InChI is InChI=1S/C8H9N5O2S/c9-7-10-8(12-11-7)16(14,15)13-6-4-2-1-3-5-6/h1-5,13H,(H3,9,10,11,12). The molecule has 0 saturated heterocycles. The van der Waals surface area contributed by atoms with Gasteiger partial charge in [0, 0.05) is 5.69 Å². The summed E-state index contributed by atoms with van der Waals surface area (Å²) in [5.74, 6) is -0.117. The number of hydrogen-bond donors (Lipinski definition) is 3. The van der Waals surface area contributed by atoms with Crippen molar-refractivity contribution in [3.05, 3.63) is 30.3 Å². The Labute approximate surface area is 91.8 Å². The fourth-order valence-corrected chi connectivity index (χ4v) is 2.01. The van der Waals surface area contributed by atoms with E-state index in [1.54, 1.807) is 30.3 Å². The molecule has 0 aliphatic rings. The first kappa shape index (κ1) is 10.4.